The van der Waals surface area contributed by atoms with E-state index in [1.54, 1.807) is 0 Å². The van der Waals surface area contributed by atoms with Gasteiger partial charge < -0.3 is 9.80 Å². The van der Waals surface area contributed by atoms with E-state index in [1.165, 1.54) is 38.5 Å². The zero-order valence-corrected chi connectivity index (χ0v) is 13.5. The zero-order chi connectivity index (χ0) is 14.4. The fourth-order valence-electron chi connectivity index (χ4n) is 5.39. The van der Waals surface area contributed by atoms with Gasteiger partial charge in [-0.1, -0.05) is 0 Å². The molecule has 0 aliphatic heterocycles. The predicted molar refractivity (Wildman–Crippen MR) is 81.2 cm³/mol. The molecular formula is C17H31N2O+. The third-order valence-corrected chi connectivity index (χ3v) is 6.50. The van der Waals surface area contributed by atoms with E-state index in [-0.39, 0.29) is 11.4 Å². The quantitative estimate of drug-likeness (QED) is 0.770. The lowest BCUT2D eigenvalue weighted by Gasteiger charge is -2.57. The van der Waals surface area contributed by atoms with Gasteiger partial charge in [-0.15, -0.1) is 0 Å². The van der Waals surface area contributed by atoms with Crippen molar-refractivity contribution in [3.05, 3.63) is 0 Å². The van der Waals surface area contributed by atoms with Crippen LogP contribution in [0.15, 0.2) is 0 Å². The van der Waals surface area contributed by atoms with Crippen LogP contribution in [0.1, 0.15) is 52.4 Å². The van der Waals surface area contributed by atoms with Crippen LogP contribution in [0.5, 0.6) is 0 Å². The molecule has 0 radical (unpaired) electrons. The number of nitrogens with zero attached hydrogens (tertiary/aromatic N) is 1. The standard InChI is InChI=1S/C17H30N2O/c1-4-19(3,5-2)12-16(20)18-17-9-13-6-14(10-17)8-15(7-13)11-17/h13-15H,4-12H2,1-3H3/p+1. The third-order valence-electron chi connectivity index (χ3n) is 6.50. The van der Waals surface area contributed by atoms with Crippen molar-refractivity contribution >= 4 is 5.91 Å². The molecule has 3 nitrogen and oxygen atoms in total. The van der Waals surface area contributed by atoms with Crippen LogP contribution in [0.2, 0.25) is 0 Å². The van der Waals surface area contributed by atoms with Crippen LogP contribution in [-0.2, 0) is 4.79 Å². The molecular weight excluding hydrogens is 248 g/mol. The predicted octanol–water partition coefficient (Wildman–Crippen LogP) is 2.56. The summed E-state index contributed by atoms with van der Waals surface area (Å²) < 4.78 is 0.859. The Balaban J connectivity index is 1.64. The normalized spacial score (nSPS) is 39.0. The number of carbonyl (C=O) groups excluding carboxylic acids is 1. The lowest BCUT2D eigenvalue weighted by molar-refractivity contribution is -0.898. The Morgan fingerprint density at radius 1 is 1.05 bits per heavy atom. The topological polar surface area (TPSA) is 29.1 Å². The van der Waals surface area contributed by atoms with Gasteiger partial charge in [0.05, 0.1) is 20.1 Å². The Kier molecular flexibility index (Phi) is 3.60. The fourth-order valence-corrected chi connectivity index (χ4v) is 5.39. The molecule has 0 saturated heterocycles. The molecule has 0 aromatic rings. The highest BCUT2D eigenvalue weighted by Crippen LogP contribution is 2.55. The summed E-state index contributed by atoms with van der Waals surface area (Å²) in [4.78, 5) is 12.5. The van der Waals surface area contributed by atoms with E-state index in [9.17, 15) is 4.79 Å². The highest BCUT2D eigenvalue weighted by atomic mass is 16.2. The van der Waals surface area contributed by atoms with Gasteiger partial charge in [-0.25, -0.2) is 0 Å². The number of carbonyl (C=O) groups is 1. The van der Waals surface area contributed by atoms with Crippen molar-refractivity contribution in [2.24, 2.45) is 17.8 Å². The maximum Gasteiger partial charge on any atom is 0.275 e. The van der Waals surface area contributed by atoms with E-state index in [0.717, 1.165) is 35.3 Å². The molecule has 0 spiro atoms. The Morgan fingerprint density at radius 3 is 1.90 bits per heavy atom. The Morgan fingerprint density at radius 2 is 1.50 bits per heavy atom. The molecule has 4 saturated carbocycles. The second-order valence-corrected chi connectivity index (χ2v) is 8.16. The van der Waals surface area contributed by atoms with Gasteiger partial charge in [0.2, 0.25) is 0 Å². The van der Waals surface area contributed by atoms with Crippen molar-refractivity contribution < 1.29 is 9.28 Å². The van der Waals surface area contributed by atoms with E-state index in [1.807, 2.05) is 0 Å². The van der Waals surface area contributed by atoms with Crippen LogP contribution < -0.4 is 5.32 Å². The van der Waals surface area contributed by atoms with Crippen LogP contribution in [0.25, 0.3) is 0 Å². The molecule has 0 atom stereocenters. The summed E-state index contributed by atoms with van der Waals surface area (Å²) >= 11 is 0. The summed E-state index contributed by atoms with van der Waals surface area (Å²) in [6.07, 6.45) is 8.08. The molecule has 4 rings (SSSR count). The number of hydrogen-bond acceptors (Lipinski definition) is 1. The van der Waals surface area contributed by atoms with E-state index in [0.29, 0.717) is 6.54 Å². The second kappa shape index (κ2) is 5.01. The summed E-state index contributed by atoms with van der Waals surface area (Å²) in [5, 5.41) is 3.49. The minimum absolute atomic E-state index is 0.179. The third kappa shape index (κ3) is 2.61. The van der Waals surface area contributed by atoms with Crippen LogP contribution in [0.3, 0.4) is 0 Å². The van der Waals surface area contributed by atoms with E-state index in [4.69, 9.17) is 0 Å². The van der Waals surface area contributed by atoms with Crippen molar-refractivity contribution in [1.29, 1.82) is 0 Å². The molecule has 0 aromatic carbocycles. The largest absolute Gasteiger partial charge is 0.346 e. The van der Waals surface area contributed by atoms with Gasteiger partial charge in [-0.3, -0.25) is 4.79 Å². The number of amides is 1. The molecule has 4 aliphatic rings. The molecule has 114 valence electrons. The molecule has 4 aliphatic carbocycles. The first-order valence-electron chi connectivity index (χ1n) is 8.60. The smallest absolute Gasteiger partial charge is 0.275 e. The number of hydrogen-bond donors (Lipinski definition) is 1. The number of nitrogens with one attached hydrogen (secondary N) is 1. The Labute approximate surface area is 123 Å². The summed E-state index contributed by atoms with van der Waals surface area (Å²) in [6.45, 7) is 7.08. The van der Waals surface area contributed by atoms with E-state index >= 15 is 0 Å². The molecule has 0 aromatic heterocycles. The average Bonchev–Trinajstić information content (AvgIpc) is 2.36. The lowest BCUT2D eigenvalue weighted by atomic mass is 9.53. The minimum atomic E-state index is 0.179. The van der Waals surface area contributed by atoms with Gasteiger partial charge in [0.1, 0.15) is 0 Å². The first kappa shape index (κ1) is 14.4. The first-order chi connectivity index (χ1) is 9.46. The molecule has 4 bridgehead atoms. The monoisotopic (exact) mass is 279 g/mol. The van der Waals surface area contributed by atoms with Crippen molar-refractivity contribution in [2.45, 2.75) is 57.9 Å². The highest BCUT2D eigenvalue weighted by Gasteiger charge is 2.51. The maximum absolute atomic E-state index is 12.5. The first-order valence-corrected chi connectivity index (χ1v) is 8.60. The Bertz CT molecular complexity index is 351. The number of likely N-dealkylation sites (N-methyl/N-ethyl adjacent to an activating group) is 1. The van der Waals surface area contributed by atoms with E-state index in [2.05, 4.69) is 26.2 Å². The summed E-state index contributed by atoms with van der Waals surface area (Å²) in [7, 11) is 2.19. The minimum Gasteiger partial charge on any atom is -0.346 e. The highest BCUT2D eigenvalue weighted by molar-refractivity contribution is 5.78. The van der Waals surface area contributed by atoms with Crippen molar-refractivity contribution in [3.63, 3.8) is 0 Å². The number of quaternary nitrogens is 1. The lowest BCUT2D eigenvalue weighted by Crippen LogP contribution is -2.62. The van der Waals surface area contributed by atoms with Gasteiger partial charge in [0.25, 0.3) is 5.91 Å². The molecule has 0 unspecified atom stereocenters. The summed E-state index contributed by atoms with van der Waals surface area (Å²) in [6, 6.07) is 0. The second-order valence-electron chi connectivity index (χ2n) is 8.16. The van der Waals surface area contributed by atoms with Gasteiger partial charge in [0.15, 0.2) is 6.54 Å². The number of rotatable bonds is 5. The van der Waals surface area contributed by atoms with Gasteiger partial charge >= 0.3 is 0 Å². The molecule has 0 heterocycles. The SMILES string of the molecule is CC[N+](C)(CC)CC(=O)NC12CC3CC(CC(C3)C1)C2. The van der Waals surface area contributed by atoms with E-state index < -0.39 is 0 Å². The van der Waals surface area contributed by atoms with Crippen LogP contribution in [0, 0.1) is 17.8 Å². The molecule has 4 fully saturated rings. The maximum atomic E-state index is 12.5. The summed E-state index contributed by atoms with van der Waals surface area (Å²) in [5.74, 6) is 3.00. The average molecular weight is 279 g/mol. The molecule has 3 heteroatoms. The van der Waals surface area contributed by atoms with Crippen LogP contribution >= 0.6 is 0 Å². The molecule has 20 heavy (non-hydrogen) atoms. The van der Waals surface area contributed by atoms with Crippen molar-refractivity contribution in [1.82, 2.24) is 5.32 Å². The fraction of sp³-hybridized carbons (Fsp3) is 0.941. The Hall–Kier alpha value is -0.570. The summed E-state index contributed by atoms with van der Waals surface area (Å²) in [5.41, 5.74) is 0.179. The van der Waals surface area contributed by atoms with Gasteiger partial charge in [-0.05, 0) is 70.1 Å². The zero-order valence-electron chi connectivity index (χ0n) is 13.5. The van der Waals surface area contributed by atoms with Crippen LogP contribution in [0.4, 0.5) is 0 Å². The molecule has 1 amide bonds. The van der Waals surface area contributed by atoms with Gasteiger partial charge in [0, 0.05) is 5.54 Å². The van der Waals surface area contributed by atoms with Gasteiger partial charge in [-0.2, -0.15) is 0 Å². The molecule has 1 N–H and O–H groups in total. The van der Waals surface area contributed by atoms with Crippen molar-refractivity contribution in [3.8, 4) is 0 Å². The van der Waals surface area contributed by atoms with Crippen LogP contribution in [-0.4, -0.2) is 42.6 Å². The van der Waals surface area contributed by atoms with Crippen molar-refractivity contribution in [2.75, 3.05) is 26.7 Å².